The van der Waals surface area contributed by atoms with Crippen LogP contribution in [0.5, 0.6) is 0 Å². The maximum atomic E-state index is 11.9. The molecule has 2 N–H and O–H groups in total. The summed E-state index contributed by atoms with van der Waals surface area (Å²) in [5.74, 6) is -2.10. The second-order valence-electron chi connectivity index (χ2n) is 5.37. The predicted octanol–water partition coefficient (Wildman–Crippen LogP) is 2.93. The Morgan fingerprint density at radius 3 is 2.29 bits per heavy atom. The van der Waals surface area contributed by atoms with Gasteiger partial charge in [-0.3, -0.25) is 4.79 Å². The van der Waals surface area contributed by atoms with E-state index in [0.717, 1.165) is 12.0 Å². The van der Waals surface area contributed by atoms with Gasteiger partial charge < -0.3 is 10.2 Å². The molecule has 4 nitrogen and oxygen atoms in total. The molecule has 0 fully saturated rings. The summed E-state index contributed by atoms with van der Waals surface area (Å²) in [4.78, 5) is 23.1. The topological polar surface area (TPSA) is 74.6 Å². The summed E-state index contributed by atoms with van der Waals surface area (Å²) >= 11 is 0. The molecule has 2 rings (SSSR count). The minimum Gasteiger partial charge on any atom is -0.480 e. The van der Waals surface area contributed by atoms with E-state index in [9.17, 15) is 19.8 Å². The lowest BCUT2D eigenvalue weighted by molar-refractivity contribution is -0.142. The molecule has 1 aliphatic rings. The Kier molecular flexibility index (Phi) is 3.98. The maximum Gasteiger partial charge on any atom is 0.331 e. The second kappa shape index (κ2) is 5.56. The standard InChI is InChI=1S/C17H18O4/c1-3-12-4-6-14(7-5-12)17(16(20)21)9-11(2)8-13(10-17)15(18)19/h4-9H,3,10H2,1-2H3,(H,18,19)(H,20,21). The van der Waals surface area contributed by atoms with Crippen molar-refractivity contribution in [1.82, 2.24) is 0 Å². The van der Waals surface area contributed by atoms with Gasteiger partial charge in [-0.1, -0.05) is 42.8 Å². The average Bonchev–Trinajstić information content (AvgIpc) is 2.46. The highest BCUT2D eigenvalue weighted by Crippen LogP contribution is 2.38. The van der Waals surface area contributed by atoms with Crippen molar-refractivity contribution in [3.05, 3.63) is 58.7 Å². The zero-order chi connectivity index (χ0) is 15.6. The summed E-state index contributed by atoms with van der Waals surface area (Å²) in [5.41, 5.74) is 1.19. The molecular weight excluding hydrogens is 268 g/mol. The largest absolute Gasteiger partial charge is 0.480 e. The number of rotatable bonds is 4. The van der Waals surface area contributed by atoms with Crippen LogP contribution in [0.1, 0.15) is 31.4 Å². The fraction of sp³-hybridized carbons (Fsp3) is 0.294. The van der Waals surface area contributed by atoms with Gasteiger partial charge in [0.15, 0.2) is 0 Å². The quantitative estimate of drug-likeness (QED) is 0.892. The third-order valence-electron chi connectivity index (χ3n) is 3.88. The highest BCUT2D eigenvalue weighted by molar-refractivity contribution is 5.93. The van der Waals surface area contributed by atoms with Gasteiger partial charge in [0, 0.05) is 12.0 Å². The highest BCUT2D eigenvalue weighted by atomic mass is 16.4. The van der Waals surface area contributed by atoms with Crippen LogP contribution < -0.4 is 0 Å². The summed E-state index contributed by atoms with van der Waals surface area (Å²) in [5, 5.41) is 18.9. The van der Waals surface area contributed by atoms with Crippen molar-refractivity contribution in [2.75, 3.05) is 0 Å². The minimum atomic E-state index is -1.31. The van der Waals surface area contributed by atoms with Gasteiger partial charge in [0.2, 0.25) is 0 Å². The molecule has 4 heteroatoms. The summed E-state index contributed by atoms with van der Waals surface area (Å²) in [6.07, 6.45) is 4.00. The van der Waals surface area contributed by atoms with Crippen LogP contribution >= 0.6 is 0 Å². The lowest BCUT2D eigenvalue weighted by Gasteiger charge is -2.30. The molecule has 0 amide bonds. The van der Waals surface area contributed by atoms with Crippen molar-refractivity contribution >= 4 is 11.9 Å². The molecule has 0 radical (unpaired) electrons. The fourth-order valence-corrected chi connectivity index (χ4v) is 2.73. The van der Waals surface area contributed by atoms with Crippen LogP contribution in [-0.4, -0.2) is 22.2 Å². The van der Waals surface area contributed by atoms with Crippen molar-refractivity contribution in [1.29, 1.82) is 0 Å². The van der Waals surface area contributed by atoms with Crippen molar-refractivity contribution in [3.63, 3.8) is 0 Å². The average molecular weight is 286 g/mol. The van der Waals surface area contributed by atoms with Crippen LogP contribution in [-0.2, 0) is 21.4 Å². The Balaban J connectivity index is 2.54. The Labute approximate surface area is 123 Å². The van der Waals surface area contributed by atoms with E-state index in [1.54, 1.807) is 25.1 Å². The number of carbonyl (C=O) groups is 2. The van der Waals surface area contributed by atoms with Gasteiger partial charge in [0.05, 0.1) is 0 Å². The van der Waals surface area contributed by atoms with Gasteiger partial charge in [0.1, 0.15) is 5.41 Å². The van der Waals surface area contributed by atoms with Gasteiger partial charge in [-0.2, -0.15) is 0 Å². The third kappa shape index (κ3) is 2.75. The van der Waals surface area contributed by atoms with E-state index < -0.39 is 17.4 Å². The molecule has 0 bridgehead atoms. The molecular formula is C17H18O4. The molecule has 1 atom stereocenters. The molecule has 1 aromatic carbocycles. The first kappa shape index (κ1) is 15.0. The number of aryl methyl sites for hydroxylation is 1. The first-order valence-corrected chi connectivity index (χ1v) is 6.85. The summed E-state index contributed by atoms with van der Waals surface area (Å²) in [7, 11) is 0. The van der Waals surface area contributed by atoms with E-state index in [4.69, 9.17) is 0 Å². The van der Waals surface area contributed by atoms with Gasteiger partial charge >= 0.3 is 11.9 Å². The molecule has 1 unspecified atom stereocenters. The fourth-order valence-electron chi connectivity index (χ4n) is 2.73. The molecule has 0 aliphatic heterocycles. The van der Waals surface area contributed by atoms with Crippen LogP contribution in [0.25, 0.3) is 0 Å². The molecule has 110 valence electrons. The summed E-state index contributed by atoms with van der Waals surface area (Å²) in [6, 6.07) is 7.34. The number of hydrogen-bond acceptors (Lipinski definition) is 2. The van der Waals surface area contributed by atoms with Crippen molar-refractivity contribution < 1.29 is 19.8 Å². The highest BCUT2D eigenvalue weighted by Gasteiger charge is 2.42. The first-order valence-electron chi connectivity index (χ1n) is 6.85. The molecule has 0 aromatic heterocycles. The van der Waals surface area contributed by atoms with Crippen LogP contribution in [0.15, 0.2) is 47.6 Å². The van der Waals surface area contributed by atoms with E-state index >= 15 is 0 Å². The van der Waals surface area contributed by atoms with E-state index in [0.29, 0.717) is 11.1 Å². The van der Waals surface area contributed by atoms with Crippen LogP contribution in [0.2, 0.25) is 0 Å². The maximum absolute atomic E-state index is 11.9. The predicted molar refractivity (Wildman–Crippen MR) is 79.2 cm³/mol. The molecule has 0 saturated carbocycles. The lowest BCUT2D eigenvalue weighted by Crippen LogP contribution is -2.37. The molecule has 1 aliphatic carbocycles. The van der Waals surface area contributed by atoms with E-state index in [1.807, 2.05) is 19.1 Å². The minimum absolute atomic E-state index is 0.0412. The smallest absolute Gasteiger partial charge is 0.331 e. The van der Waals surface area contributed by atoms with E-state index in [1.165, 1.54) is 6.08 Å². The Morgan fingerprint density at radius 2 is 1.81 bits per heavy atom. The Bertz CT molecular complexity index is 637. The van der Waals surface area contributed by atoms with Crippen molar-refractivity contribution in [2.45, 2.75) is 32.1 Å². The number of carboxylic acid groups (broad SMARTS) is 2. The number of benzene rings is 1. The summed E-state index contributed by atoms with van der Waals surface area (Å²) in [6.45, 7) is 3.75. The number of allylic oxidation sites excluding steroid dienone is 2. The molecule has 21 heavy (non-hydrogen) atoms. The molecule has 0 spiro atoms. The van der Waals surface area contributed by atoms with E-state index in [-0.39, 0.29) is 12.0 Å². The molecule has 0 saturated heterocycles. The molecule has 0 heterocycles. The zero-order valence-corrected chi connectivity index (χ0v) is 12.1. The zero-order valence-electron chi connectivity index (χ0n) is 12.1. The Hall–Kier alpha value is -2.36. The van der Waals surface area contributed by atoms with Gasteiger partial charge in [0.25, 0.3) is 0 Å². The third-order valence-corrected chi connectivity index (χ3v) is 3.88. The molecule has 1 aromatic rings. The summed E-state index contributed by atoms with van der Waals surface area (Å²) < 4.78 is 0. The lowest BCUT2D eigenvalue weighted by atomic mass is 9.71. The SMILES string of the molecule is CCc1ccc(C2(C(=O)O)C=C(C)C=C(C(=O)O)C2)cc1. The number of hydrogen-bond donors (Lipinski definition) is 2. The van der Waals surface area contributed by atoms with Crippen LogP contribution in [0.3, 0.4) is 0 Å². The Morgan fingerprint density at radius 1 is 1.19 bits per heavy atom. The number of carboxylic acids is 2. The van der Waals surface area contributed by atoms with Gasteiger partial charge in [-0.05, 0) is 30.5 Å². The van der Waals surface area contributed by atoms with Gasteiger partial charge in [-0.15, -0.1) is 0 Å². The van der Waals surface area contributed by atoms with Crippen molar-refractivity contribution in [2.24, 2.45) is 0 Å². The van der Waals surface area contributed by atoms with Gasteiger partial charge in [-0.25, -0.2) is 4.79 Å². The number of aliphatic carboxylic acids is 2. The van der Waals surface area contributed by atoms with Crippen LogP contribution in [0.4, 0.5) is 0 Å². The normalized spacial score (nSPS) is 21.4. The first-order chi connectivity index (χ1) is 9.89. The van der Waals surface area contributed by atoms with Crippen molar-refractivity contribution in [3.8, 4) is 0 Å². The second-order valence-corrected chi connectivity index (χ2v) is 5.37. The monoisotopic (exact) mass is 286 g/mol. The van der Waals surface area contributed by atoms with E-state index in [2.05, 4.69) is 0 Å². The van der Waals surface area contributed by atoms with Crippen LogP contribution in [0, 0.1) is 0 Å².